The fraction of sp³-hybridized carbons (Fsp3) is 0.923. The van der Waals surface area contributed by atoms with Gasteiger partial charge in [0.1, 0.15) is 7.74 Å². The van der Waals surface area contributed by atoms with Crippen LogP contribution in [0.2, 0.25) is 15.1 Å². The molecule has 0 atom stereocenters. The first-order chi connectivity index (χ1) is 6.81. The molecule has 0 spiro atoms. The van der Waals surface area contributed by atoms with E-state index < -0.39 is 7.74 Å². The van der Waals surface area contributed by atoms with Crippen LogP contribution in [0.1, 0.15) is 62.3 Å². The zero-order valence-corrected chi connectivity index (χ0v) is 14.3. The van der Waals surface area contributed by atoms with Crippen molar-refractivity contribution in [2.75, 3.05) is 0 Å². The van der Waals surface area contributed by atoms with E-state index in [-0.39, 0.29) is 15.1 Å². The maximum atomic E-state index is 7.47. The summed E-state index contributed by atoms with van der Waals surface area (Å²) in [6.07, 6.45) is 0. The van der Waals surface area contributed by atoms with Crippen LogP contribution in [0.4, 0.5) is 0 Å². The highest BCUT2D eigenvalue weighted by molar-refractivity contribution is 7.82. The molecule has 0 aliphatic rings. The third-order valence-electron chi connectivity index (χ3n) is 3.48. The molecule has 0 aliphatic heterocycles. The summed E-state index contributed by atoms with van der Waals surface area (Å²) in [6.45, 7) is 21.1. The van der Waals surface area contributed by atoms with Crippen LogP contribution in [-0.2, 0) is 0 Å². The van der Waals surface area contributed by atoms with Crippen molar-refractivity contribution in [2.45, 2.75) is 77.4 Å². The number of rotatable bonds is 1. The number of hydrogen-bond acceptors (Lipinski definition) is 1. The monoisotopic (exact) mass is 257 g/mol. The first-order valence-corrected chi connectivity index (χ1v) is 9.68. The lowest BCUT2D eigenvalue weighted by Crippen LogP contribution is -2.53. The zero-order valence-electron chi connectivity index (χ0n) is 12.4. The Morgan fingerprint density at radius 2 is 1.00 bits per heavy atom. The van der Waals surface area contributed by atoms with Gasteiger partial charge in [-0.1, -0.05) is 70.1 Å². The van der Waals surface area contributed by atoms with Crippen LogP contribution in [-0.4, -0.2) is 13.3 Å². The lowest BCUT2D eigenvalue weighted by atomic mass is 10.2. The van der Waals surface area contributed by atoms with Crippen LogP contribution in [0.15, 0.2) is 0 Å². The van der Waals surface area contributed by atoms with Gasteiger partial charge in [-0.05, 0) is 20.7 Å². The molecule has 0 saturated carbocycles. The van der Waals surface area contributed by atoms with Gasteiger partial charge in [-0.15, -0.1) is 0 Å². The Hall–Kier alpha value is 0.0969. The second-order valence-electron chi connectivity index (χ2n) is 7.68. The number of hydrogen-bond donors (Lipinski definition) is 1. The van der Waals surface area contributed by atoms with E-state index in [9.17, 15) is 0 Å². The van der Waals surface area contributed by atoms with Crippen LogP contribution in [0, 0.1) is 5.41 Å². The largest absolute Gasteiger partial charge is 0.255 e. The van der Waals surface area contributed by atoms with Crippen molar-refractivity contribution in [1.82, 2.24) is 0 Å². The average molecular weight is 257 g/mol. The molecule has 3 heteroatoms. The fourth-order valence-corrected chi connectivity index (χ4v) is 15.4. The second-order valence-corrected chi connectivity index (χ2v) is 16.7. The molecule has 0 amide bonds. The molecule has 0 radical (unpaired) electrons. The van der Waals surface area contributed by atoms with Gasteiger partial charge in [0.05, 0.1) is 0 Å². The van der Waals surface area contributed by atoms with Gasteiger partial charge in [0, 0.05) is 0 Å². The van der Waals surface area contributed by atoms with E-state index in [0.29, 0.717) is 0 Å². The fourth-order valence-electron chi connectivity index (χ4n) is 3.96. The summed E-state index contributed by atoms with van der Waals surface area (Å²) in [6, 6.07) is 0. The van der Waals surface area contributed by atoms with E-state index in [1.807, 2.05) is 0 Å². The van der Waals surface area contributed by atoms with Gasteiger partial charge in [-0.2, -0.15) is 0 Å². The Bertz CT molecular complexity index is 259. The predicted octanol–water partition coefficient (Wildman–Crippen LogP) is 5.76. The normalized spacial score (nSPS) is 15.1. The molecule has 0 bridgehead atoms. The highest BCUT2D eigenvalue weighted by Crippen LogP contribution is 2.66. The first kappa shape index (κ1) is 16.1. The minimum Gasteiger partial charge on any atom is -0.255 e. The van der Waals surface area contributed by atoms with Crippen LogP contribution in [0.5, 0.6) is 0 Å². The molecule has 16 heavy (non-hydrogen) atoms. The van der Waals surface area contributed by atoms with E-state index in [2.05, 4.69) is 67.9 Å². The van der Waals surface area contributed by atoms with Crippen molar-refractivity contribution in [1.29, 1.82) is 5.41 Å². The van der Waals surface area contributed by atoms with Crippen molar-refractivity contribution < 1.29 is 0 Å². The van der Waals surface area contributed by atoms with Gasteiger partial charge in [0.2, 0.25) is 0 Å². The molecule has 94 valence electrons. The molecule has 0 aromatic heterocycles. The molecule has 0 fully saturated rings. The summed E-state index contributed by atoms with van der Waals surface area (Å²) in [5.74, 6) is 0. The Labute approximate surface area is 104 Å². The summed E-state index contributed by atoms with van der Waals surface area (Å²) in [5.41, 5.74) is 2.71. The Morgan fingerprint density at radius 3 is 1.06 bits per heavy atom. The van der Waals surface area contributed by atoms with Crippen molar-refractivity contribution in [3.05, 3.63) is 0 Å². The second kappa shape index (κ2) is 4.41. The van der Waals surface area contributed by atoms with Gasteiger partial charge >= 0.3 is 0 Å². The van der Waals surface area contributed by atoms with E-state index in [0.717, 1.165) is 7.75 Å². The Balaban J connectivity index is 6.15. The minimum absolute atomic E-state index is 0.277. The summed E-state index contributed by atoms with van der Waals surface area (Å²) in [7, 11) is -0.584. The van der Waals surface area contributed by atoms with Crippen molar-refractivity contribution in [2.24, 2.45) is 0 Å². The van der Waals surface area contributed by atoms with Crippen molar-refractivity contribution in [3.8, 4) is 0 Å². The molecule has 0 aromatic carbocycles. The highest BCUT2D eigenvalue weighted by atomic mass is 31.3. The minimum atomic E-state index is -1.73. The molecular weight excluding hydrogens is 229 g/mol. The van der Waals surface area contributed by atoms with Crippen LogP contribution < -0.4 is 0 Å². The number of nitrogens with one attached hydrogen (secondary N) is 1. The van der Waals surface area contributed by atoms with Gasteiger partial charge in [-0.25, -0.2) is 0 Å². The molecule has 1 nitrogen and oxygen atoms in total. The maximum absolute atomic E-state index is 7.47. The Morgan fingerprint density at radius 1 is 0.750 bits per heavy atom. The summed E-state index contributed by atoms with van der Waals surface area (Å²) < 4.78 is 0. The lowest BCUT2D eigenvalue weighted by Gasteiger charge is -2.56. The van der Waals surface area contributed by atoms with Gasteiger partial charge in [0.15, 0.2) is 0 Å². The van der Waals surface area contributed by atoms with E-state index in [4.69, 9.17) is 5.41 Å². The topological polar surface area (TPSA) is 23.9 Å². The molecule has 0 aromatic rings. The van der Waals surface area contributed by atoms with Gasteiger partial charge < -0.3 is 0 Å². The van der Waals surface area contributed by atoms with Crippen molar-refractivity contribution >= 4 is 21.1 Å². The van der Waals surface area contributed by atoms with Crippen LogP contribution in [0.25, 0.3) is 0 Å². The molecule has 0 heterocycles. The zero-order chi connectivity index (χ0) is 13.4. The summed E-state index contributed by atoms with van der Waals surface area (Å²) >= 11 is 0. The van der Waals surface area contributed by atoms with E-state index in [1.165, 1.54) is 0 Å². The van der Waals surface area contributed by atoms with Crippen LogP contribution >= 0.6 is 7.75 Å². The summed E-state index contributed by atoms with van der Waals surface area (Å²) in [5, 5.41) is 8.30. The van der Waals surface area contributed by atoms with Gasteiger partial charge in [-0.3, -0.25) is 5.41 Å². The highest BCUT2D eigenvalue weighted by Gasteiger charge is 2.59. The molecule has 0 rings (SSSR count). The van der Waals surface area contributed by atoms with Crippen LogP contribution in [0.3, 0.4) is 0 Å². The first-order valence-electron chi connectivity index (χ1n) is 5.95. The smallest absolute Gasteiger partial charge is 0.139 e. The SMILES string of the molecule is CC(C)(C)[Si](P=C=N)(C(C)(C)C)C(C)(C)C. The molecule has 0 unspecified atom stereocenters. The molecule has 0 saturated heterocycles. The third kappa shape index (κ3) is 2.50. The molecule has 0 aliphatic carbocycles. The summed E-state index contributed by atoms with van der Waals surface area (Å²) in [4.78, 5) is 0. The Kier molecular flexibility index (Phi) is 4.43. The molecular formula is C13H28NPSi. The maximum Gasteiger partial charge on any atom is 0.139 e. The average Bonchev–Trinajstić information content (AvgIpc) is 1.91. The standard InChI is InChI=1S/C13H28NPSi/c1-11(2,3)16(15-10-14,12(4,5)6)13(7,8)9/h14H,1-9H3. The van der Waals surface area contributed by atoms with Gasteiger partial charge in [0.25, 0.3) is 0 Å². The predicted molar refractivity (Wildman–Crippen MR) is 79.5 cm³/mol. The van der Waals surface area contributed by atoms with E-state index >= 15 is 0 Å². The lowest BCUT2D eigenvalue weighted by molar-refractivity contribution is 0.558. The van der Waals surface area contributed by atoms with E-state index in [1.54, 1.807) is 0 Å². The molecule has 1 N–H and O–H groups in total. The van der Waals surface area contributed by atoms with Crippen molar-refractivity contribution in [3.63, 3.8) is 0 Å². The third-order valence-corrected chi connectivity index (χ3v) is 17.8. The quantitative estimate of drug-likeness (QED) is 0.351.